The summed E-state index contributed by atoms with van der Waals surface area (Å²) in [4.78, 5) is 11.9. The summed E-state index contributed by atoms with van der Waals surface area (Å²) >= 11 is 0. The van der Waals surface area contributed by atoms with Crippen LogP contribution in [0.3, 0.4) is 0 Å². The standard InChI is InChI=1S/C15H14FN5O/c1-2-13-19-20-14-8-7-10(9-21(13)14)17-15(22)18-12-6-4-3-5-11(12)16/h3-9H,2H2,1H3,(H2,17,18,22). The van der Waals surface area contributed by atoms with Gasteiger partial charge in [-0.05, 0) is 24.3 Å². The molecule has 3 rings (SSSR count). The molecule has 2 heterocycles. The van der Waals surface area contributed by atoms with Crippen molar-refractivity contribution in [2.24, 2.45) is 0 Å². The molecule has 2 amide bonds. The molecular formula is C15H14FN5O. The fourth-order valence-electron chi connectivity index (χ4n) is 2.10. The molecule has 0 radical (unpaired) electrons. The van der Waals surface area contributed by atoms with Crippen molar-refractivity contribution in [1.29, 1.82) is 0 Å². The molecule has 0 saturated carbocycles. The van der Waals surface area contributed by atoms with Crippen LogP contribution in [0.25, 0.3) is 5.65 Å². The zero-order valence-electron chi connectivity index (χ0n) is 11.9. The van der Waals surface area contributed by atoms with Crippen LogP contribution < -0.4 is 10.6 Å². The number of hydrogen-bond acceptors (Lipinski definition) is 3. The zero-order valence-corrected chi connectivity index (χ0v) is 11.9. The second-order valence-electron chi connectivity index (χ2n) is 4.67. The normalized spacial score (nSPS) is 10.6. The van der Waals surface area contributed by atoms with Gasteiger partial charge < -0.3 is 10.6 Å². The van der Waals surface area contributed by atoms with Gasteiger partial charge in [-0.1, -0.05) is 19.1 Å². The maximum atomic E-state index is 13.5. The summed E-state index contributed by atoms with van der Waals surface area (Å²) in [6.45, 7) is 1.97. The van der Waals surface area contributed by atoms with Crippen LogP contribution in [0.4, 0.5) is 20.6 Å². The van der Waals surface area contributed by atoms with Gasteiger partial charge >= 0.3 is 6.03 Å². The first-order chi connectivity index (χ1) is 10.7. The molecule has 112 valence electrons. The molecule has 6 nitrogen and oxygen atoms in total. The quantitative estimate of drug-likeness (QED) is 0.780. The number of nitrogens with one attached hydrogen (secondary N) is 2. The number of para-hydroxylation sites is 1. The Morgan fingerprint density at radius 2 is 2.00 bits per heavy atom. The van der Waals surface area contributed by atoms with Crippen molar-refractivity contribution in [3.63, 3.8) is 0 Å². The SMILES string of the molecule is CCc1nnc2ccc(NC(=O)Nc3ccccc3F)cn12. The number of rotatable bonds is 3. The van der Waals surface area contributed by atoms with Crippen LogP contribution in [0, 0.1) is 5.82 Å². The highest BCUT2D eigenvalue weighted by Gasteiger charge is 2.08. The van der Waals surface area contributed by atoms with Gasteiger partial charge in [0.1, 0.15) is 11.6 Å². The van der Waals surface area contributed by atoms with E-state index in [2.05, 4.69) is 20.8 Å². The Kier molecular flexibility index (Phi) is 3.69. The smallest absolute Gasteiger partial charge is 0.306 e. The number of fused-ring (bicyclic) bond motifs is 1. The van der Waals surface area contributed by atoms with Crippen LogP contribution in [-0.2, 0) is 6.42 Å². The van der Waals surface area contributed by atoms with Crippen LogP contribution in [-0.4, -0.2) is 20.6 Å². The van der Waals surface area contributed by atoms with Crippen molar-refractivity contribution in [2.75, 3.05) is 10.6 Å². The van der Waals surface area contributed by atoms with E-state index in [1.54, 1.807) is 34.9 Å². The molecule has 0 saturated heterocycles. The number of urea groups is 1. The van der Waals surface area contributed by atoms with Crippen molar-refractivity contribution < 1.29 is 9.18 Å². The number of nitrogens with zero attached hydrogens (tertiary/aromatic N) is 3. The molecule has 2 N–H and O–H groups in total. The number of amides is 2. The lowest BCUT2D eigenvalue weighted by Gasteiger charge is -2.08. The number of benzene rings is 1. The summed E-state index contributed by atoms with van der Waals surface area (Å²) in [6.07, 6.45) is 2.46. The minimum atomic E-state index is -0.518. The van der Waals surface area contributed by atoms with E-state index in [0.29, 0.717) is 11.3 Å². The van der Waals surface area contributed by atoms with Gasteiger partial charge in [0.2, 0.25) is 0 Å². The van der Waals surface area contributed by atoms with E-state index < -0.39 is 11.8 Å². The molecule has 0 fully saturated rings. The predicted octanol–water partition coefficient (Wildman–Crippen LogP) is 3.07. The Balaban J connectivity index is 1.78. The first-order valence-corrected chi connectivity index (χ1v) is 6.83. The van der Waals surface area contributed by atoms with Gasteiger partial charge in [-0.25, -0.2) is 9.18 Å². The van der Waals surface area contributed by atoms with Gasteiger partial charge in [0.05, 0.1) is 11.4 Å². The Hall–Kier alpha value is -2.96. The minimum Gasteiger partial charge on any atom is -0.306 e. The maximum Gasteiger partial charge on any atom is 0.323 e. The van der Waals surface area contributed by atoms with Crippen LogP contribution >= 0.6 is 0 Å². The Morgan fingerprint density at radius 3 is 2.77 bits per heavy atom. The maximum absolute atomic E-state index is 13.5. The molecule has 0 aliphatic carbocycles. The number of aryl methyl sites for hydroxylation is 1. The summed E-state index contributed by atoms with van der Waals surface area (Å²) in [5.41, 5.74) is 1.40. The third-order valence-electron chi connectivity index (χ3n) is 3.17. The number of halogens is 1. The van der Waals surface area contributed by atoms with E-state index in [0.717, 1.165) is 12.2 Å². The molecule has 1 aromatic carbocycles. The lowest BCUT2D eigenvalue weighted by molar-refractivity contribution is 0.262. The van der Waals surface area contributed by atoms with Crippen molar-refractivity contribution in [2.45, 2.75) is 13.3 Å². The number of anilines is 2. The van der Waals surface area contributed by atoms with E-state index in [9.17, 15) is 9.18 Å². The van der Waals surface area contributed by atoms with Crippen molar-refractivity contribution in [3.8, 4) is 0 Å². The predicted molar refractivity (Wildman–Crippen MR) is 81.4 cm³/mol. The molecule has 22 heavy (non-hydrogen) atoms. The second-order valence-corrected chi connectivity index (χ2v) is 4.67. The highest BCUT2D eigenvalue weighted by molar-refractivity contribution is 5.99. The molecule has 0 bridgehead atoms. The summed E-state index contributed by atoms with van der Waals surface area (Å²) in [5.74, 6) is 0.313. The molecule has 0 unspecified atom stereocenters. The van der Waals surface area contributed by atoms with Crippen LogP contribution in [0.1, 0.15) is 12.7 Å². The molecule has 3 aromatic rings. The van der Waals surface area contributed by atoms with Gasteiger partial charge in [0, 0.05) is 12.6 Å². The lowest BCUT2D eigenvalue weighted by Crippen LogP contribution is -2.20. The molecular weight excluding hydrogens is 285 g/mol. The first kappa shape index (κ1) is 14.0. The van der Waals surface area contributed by atoms with Crippen molar-refractivity contribution in [3.05, 3.63) is 54.2 Å². The van der Waals surface area contributed by atoms with Crippen molar-refractivity contribution >= 4 is 23.1 Å². The van der Waals surface area contributed by atoms with E-state index in [4.69, 9.17) is 0 Å². The van der Waals surface area contributed by atoms with Gasteiger partial charge in [0.25, 0.3) is 0 Å². The summed E-state index contributed by atoms with van der Waals surface area (Å²) in [5, 5.41) is 13.2. The number of aromatic nitrogens is 3. The van der Waals surface area contributed by atoms with E-state index in [1.807, 2.05) is 6.92 Å². The highest BCUT2D eigenvalue weighted by atomic mass is 19.1. The van der Waals surface area contributed by atoms with Gasteiger partial charge in [-0.2, -0.15) is 0 Å². The van der Waals surface area contributed by atoms with Gasteiger partial charge in [0.15, 0.2) is 5.65 Å². The summed E-state index contributed by atoms with van der Waals surface area (Å²) in [6, 6.07) is 8.94. The highest BCUT2D eigenvalue weighted by Crippen LogP contribution is 2.15. The van der Waals surface area contributed by atoms with E-state index in [-0.39, 0.29) is 5.69 Å². The van der Waals surface area contributed by atoms with Crippen LogP contribution in [0.15, 0.2) is 42.6 Å². The summed E-state index contributed by atoms with van der Waals surface area (Å²) < 4.78 is 15.3. The monoisotopic (exact) mass is 299 g/mol. The minimum absolute atomic E-state index is 0.125. The Labute approximate surface area is 126 Å². The fourth-order valence-corrected chi connectivity index (χ4v) is 2.10. The van der Waals surface area contributed by atoms with Crippen LogP contribution in [0.5, 0.6) is 0 Å². The lowest BCUT2D eigenvalue weighted by atomic mass is 10.3. The zero-order chi connectivity index (χ0) is 15.5. The molecule has 0 atom stereocenters. The third kappa shape index (κ3) is 2.73. The topological polar surface area (TPSA) is 71.3 Å². The van der Waals surface area contributed by atoms with E-state index in [1.165, 1.54) is 12.1 Å². The molecule has 7 heteroatoms. The summed E-state index contributed by atoms with van der Waals surface area (Å²) in [7, 11) is 0. The molecule has 0 aliphatic heterocycles. The molecule has 0 spiro atoms. The molecule has 0 aliphatic rings. The van der Waals surface area contributed by atoms with Gasteiger partial charge in [-0.15, -0.1) is 10.2 Å². The molecule has 2 aromatic heterocycles. The fraction of sp³-hybridized carbons (Fsp3) is 0.133. The number of carbonyl (C=O) groups excluding carboxylic acids is 1. The second kappa shape index (κ2) is 5.80. The number of hydrogen-bond donors (Lipinski definition) is 2. The first-order valence-electron chi connectivity index (χ1n) is 6.83. The van der Waals surface area contributed by atoms with Crippen molar-refractivity contribution in [1.82, 2.24) is 14.6 Å². The third-order valence-corrected chi connectivity index (χ3v) is 3.17. The number of carbonyl (C=O) groups is 1. The van der Waals surface area contributed by atoms with Gasteiger partial charge in [-0.3, -0.25) is 4.40 Å². The largest absolute Gasteiger partial charge is 0.323 e. The Bertz CT molecular complexity index is 830. The average Bonchev–Trinajstić information content (AvgIpc) is 2.92. The number of pyridine rings is 1. The van der Waals surface area contributed by atoms with Crippen LogP contribution in [0.2, 0.25) is 0 Å². The van der Waals surface area contributed by atoms with E-state index >= 15 is 0 Å². The average molecular weight is 299 g/mol. The Morgan fingerprint density at radius 1 is 1.18 bits per heavy atom.